The van der Waals surface area contributed by atoms with Gasteiger partial charge in [0.25, 0.3) is 11.8 Å². The van der Waals surface area contributed by atoms with Crippen LogP contribution in [0.3, 0.4) is 0 Å². The molecule has 4 amide bonds. The van der Waals surface area contributed by atoms with Gasteiger partial charge in [0.15, 0.2) is 5.84 Å². The van der Waals surface area contributed by atoms with Crippen molar-refractivity contribution in [3.05, 3.63) is 64.7 Å². The van der Waals surface area contributed by atoms with Crippen LogP contribution in [0.5, 0.6) is 5.75 Å². The Morgan fingerprint density at radius 1 is 1.11 bits per heavy atom. The number of rotatable bonds is 4. The van der Waals surface area contributed by atoms with Gasteiger partial charge in [0.05, 0.1) is 13.7 Å². The zero-order valence-corrected chi connectivity index (χ0v) is 20.4. The van der Waals surface area contributed by atoms with Crippen LogP contribution in [0.15, 0.2) is 47.6 Å². The van der Waals surface area contributed by atoms with E-state index in [0.29, 0.717) is 29.3 Å². The third kappa shape index (κ3) is 4.68. The van der Waals surface area contributed by atoms with Crippen LogP contribution in [-0.4, -0.2) is 71.0 Å². The molecule has 0 bridgehead atoms. The van der Waals surface area contributed by atoms with Crippen molar-refractivity contribution in [1.29, 1.82) is 0 Å². The van der Waals surface area contributed by atoms with Crippen molar-refractivity contribution in [2.75, 3.05) is 26.7 Å². The van der Waals surface area contributed by atoms with Gasteiger partial charge in [-0.15, -0.1) is 0 Å². The van der Waals surface area contributed by atoms with E-state index in [4.69, 9.17) is 4.74 Å². The van der Waals surface area contributed by atoms with Gasteiger partial charge in [0, 0.05) is 36.3 Å². The molecule has 2 fully saturated rings. The van der Waals surface area contributed by atoms with Crippen LogP contribution in [0, 0.1) is 11.8 Å². The molecular formula is C27H27N5O5. The molecule has 5 rings (SSSR count). The number of carbonyl (C=O) groups is 3. The summed E-state index contributed by atoms with van der Waals surface area (Å²) in [5.74, 6) is 6.09. The Bertz CT molecular complexity index is 1340. The van der Waals surface area contributed by atoms with Crippen LogP contribution >= 0.6 is 0 Å². The van der Waals surface area contributed by atoms with Gasteiger partial charge in [0.2, 0.25) is 5.54 Å². The van der Waals surface area contributed by atoms with Gasteiger partial charge in [-0.25, -0.2) is 4.79 Å². The zero-order valence-electron chi connectivity index (χ0n) is 20.4. The largest absolute Gasteiger partial charge is 0.497 e. The van der Waals surface area contributed by atoms with E-state index >= 15 is 0 Å². The van der Waals surface area contributed by atoms with Crippen molar-refractivity contribution in [2.24, 2.45) is 5.16 Å². The van der Waals surface area contributed by atoms with Crippen LogP contribution in [0.1, 0.15) is 46.3 Å². The van der Waals surface area contributed by atoms with E-state index < -0.39 is 17.5 Å². The summed E-state index contributed by atoms with van der Waals surface area (Å²) in [7, 11) is 1.53. The van der Waals surface area contributed by atoms with Gasteiger partial charge < -0.3 is 25.1 Å². The van der Waals surface area contributed by atoms with E-state index in [9.17, 15) is 19.6 Å². The third-order valence-corrected chi connectivity index (χ3v) is 6.88. The first-order valence-corrected chi connectivity index (χ1v) is 12.1. The molecule has 0 saturated carbocycles. The number of hydrogen-bond donors (Lipinski definition) is 3. The molecule has 190 valence electrons. The van der Waals surface area contributed by atoms with Crippen LogP contribution in [0.2, 0.25) is 0 Å². The van der Waals surface area contributed by atoms with E-state index in [-0.39, 0.29) is 12.5 Å². The number of imide groups is 1. The second kappa shape index (κ2) is 9.85. The molecule has 2 aromatic rings. The quantitative estimate of drug-likeness (QED) is 0.147. The van der Waals surface area contributed by atoms with E-state index in [0.717, 1.165) is 37.1 Å². The number of nitrogens with one attached hydrogen (secondary N) is 2. The smallest absolute Gasteiger partial charge is 0.323 e. The van der Waals surface area contributed by atoms with Gasteiger partial charge in [-0.1, -0.05) is 23.1 Å². The van der Waals surface area contributed by atoms with E-state index in [1.54, 1.807) is 24.3 Å². The Labute approximate surface area is 214 Å². The Hall–Kier alpha value is -4.52. The minimum absolute atomic E-state index is 0.109. The summed E-state index contributed by atoms with van der Waals surface area (Å²) in [4.78, 5) is 41.5. The molecule has 3 aliphatic rings. The molecule has 0 aromatic heterocycles. The second-order valence-electron chi connectivity index (χ2n) is 9.30. The maximum atomic E-state index is 13.1. The monoisotopic (exact) mass is 501 g/mol. The van der Waals surface area contributed by atoms with Crippen molar-refractivity contribution < 1.29 is 24.3 Å². The minimum Gasteiger partial charge on any atom is -0.497 e. The molecule has 0 spiro atoms. The van der Waals surface area contributed by atoms with Crippen molar-refractivity contribution in [3.8, 4) is 17.6 Å². The number of amides is 4. The number of fused-ring (bicyclic) bond motifs is 1. The molecule has 1 atom stereocenters. The summed E-state index contributed by atoms with van der Waals surface area (Å²) in [5.41, 5.74) is 1.08. The summed E-state index contributed by atoms with van der Waals surface area (Å²) in [6.45, 7) is 1.86. The van der Waals surface area contributed by atoms with E-state index in [1.165, 1.54) is 18.4 Å². The number of hydrogen-bond acceptors (Lipinski definition) is 6. The van der Waals surface area contributed by atoms with Gasteiger partial charge in [-0.05, 0) is 61.2 Å². The SMILES string of the molecule is COc1ccc2c(c1)C(=O)N(C[C@@]1(C#Cc3ccc(/C(=N\O)N4CCCCC4)cc3)NC(=O)NC1=O)C2. The molecule has 2 aromatic carbocycles. The fraction of sp³-hybridized carbons (Fsp3) is 0.333. The highest BCUT2D eigenvalue weighted by atomic mass is 16.5. The predicted molar refractivity (Wildman–Crippen MR) is 134 cm³/mol. The molecule has 10 nitrogen and oxygen atoms in total. The summed E-state index contributed by atoms with van der Waals surface area (Å²) in [6, 6.07) is 11.7. The molecule has 3 heterocycles. The first kappa shape index (κ1) is 24.2. The number of piperidine rings is 1. The number of amidine groups is 1. The van der Waals surface area contributed by atoms with Gasteiger partial charge >= 0.3 is 6.03 Å². The average Bonchev–Trinajstić information content (AvgIpc) is 3.38. The highest BCUT2D eigenvalue weighted by molar-refractivity contribution is 6.10. The summed E-state index contributed by atoms with van der Waals surface area (Å²) >= 11 is 0. The zero-order chi connectivity index (χ0) is 26.0. The van der Waals surface area contributed by atoms with E-state index in [1.807, 2.05) is 18.2 Å². The number of ether oxygens (including phenoxy) is 1. The molecular weight excluding hydrogens is 474 g/mol. The number of benzene rings is 2. The molecule has 10 heteroatoms. The number of carbonyl (C=O) groups excluding carboxylic acids is 3. The molecule has 3 aliphatic heterocycles. The topological polar surface area (TPSA) is 124 Å². The van der Waals surface area contributed by atoms with Crippen molar-refractivity contribution >= 4 is 23.7 Å². The van der Waals surface area contributed by atoms with E-state index in [2.05, 4.69) is 32.5 Å². The number of urea groups is 1. The lowest BCUT2D eigenvalue weighted by atomic mass is 9.98. The molecule has 0 radical (unpaired) electrons. The normalized spacial score (nSPS) is 21.2. The Morgan fingerprint density at radius 2 is 1.86 bits per heavy atom. The predicted octanol–water partition coefficient (Wildman–Crippen LogP) is 1.90. The van der Waals surface area contributed by atoms with Crippen LogP contribution in [-0.2, 0) is 11.3 Å². The van der Waals surface area contributed by atoms with Gasteiger partial charge in [0.1, 0.15) is 5.75 Å². The molecule has 3 N–H and O–H groups in total. The first-order chi connectivity index (χ1) is 17.9. The molecule has 0 aliphatic carbocycles. The maximum absolute atomic E-state index is 13.1. The minimum atomic E-state index is -1.59. The lowest BCUT2D eigenvalue weighted by Gasteiger charge is -2.28. The number of nitrogens with zero attached hydrogens (tertiary/aromatic N) is 3. The molecule has 37 heavy (non-hydrogen) atoms. The molecule has 2 saturated heterocycles. The van der Waals surface area contributed by atoms with Gasteiger partial charge in [-0.2, -0.15) is 0 Å². The fourth-order valence-corrected chi connectivity index (χ4v) is 4.90. The summed E-state index contributed by atoms with van der Waals surface area (Å²) in [5, 5.41) is 17.9. The summed E-state index contributed by atoms with van der Waals surface area (Å²) in [6.07, 6.45) is 3.27. The number of methoxy groups -OCH3 is 1. The highest BCUT2D eigenvalue weighted by Gasteiger charge is 2.48. The van der Waals surface area contributed by atoms with Crippen LogP contribution < -0.4 is 15.4 Å². The fourth-order valence-electron chi connectivity index (χ4n) is 4.90. The highest BCUT2D eigenvalue weighted by Crippen LogP contribution is 2.28. The summed E-state index contributed by atoms with van der Waals surface area (Å²) < 4.78 is 5.22. The molecule has 0 unspecified atom stereocenters. The first-order valence-electron chi connectivity index (χ1n) is 12.1. The lowest BCUT2D eigenvalue weighted by molar-refractivity contribution is -0.122. The van der Waals surface area contributed by atoms with Crippen molar-refractivity contribution in [3.63, 3.8) is 0 Å². The Morgan fingerprint density at radius 3 is 2.51 bits per heavy atom. The third-order valence-electron chi connectivity index (χ3n) is 6.88. The second-order valence-corrected chi connectivity index (χ2v) is 9.30. The van der Waals surface area contributed by atoms with Crippen LogP contribution in [0.25, 0.3) is 0 Å². The maximum Gasteiger partial charge on any atom is 0.323 e. The Kier molecular flexibility index (Phi) is 6.44. The number of likely N-dealkylation sites (tertiary alicyclic amines) is 1. The van der Waals surface area contributed by atoms with Crippen LogP contribution in [0.4, 0.5) is 4.79 Å². The average molecular weight is 502 g/mol. The van der Waals surface area contributed by atoms with Crippen molar-refractivity contribution in [2.45, 2.75) is 31.3 Å². The van der Waals surface area contributed by atoms with Crippen molar-refractivity contribution in [1.82, 2.24) is 20.4 Å². The lowest BCUT2D eigenvalue weighted by Crippen LogP contribution is -2.54. The Balaban J connectivity index is 1.37. The van der Waals surface area contributed by atoms with Gasteiger partial charge in [-0.3, -0.25) is 14.9 Å². The standard InChI is InChI=1S/C27H27N5O5/c1-37-21-10-9-20-16-32(24(33)22(20)15-21)17-27(25(34)28-26(35)29-27)12-11-18-5-7-19(8-6-18)23(30-36)31-13-3-2-4-14-31/h5-10,15,36H,2-4,13-14,16-17H2,1H3,(H2,28,29,34,35)/b30-23+/t27-/m1/s1. The number of oxime groups is 1.